The Hall–Kier alpha value is -0.820. The second-order valence-corrected chi connectivity index (χ2v) is 6.49. The zero-order valence-corrected chi connectivity index (χ0v) is 12.6. The van der Waals surface area contributed by atoms with Crippen molar-refractivity contribution in [2.75, 3.05) is 6.54 Å². The molecule has 1 heteroatoms. The zero-order chi connectivity index (χ0) is 13.5. The van der Waals surface area contributed by atoms with E-state index in [4.69, 9.17) is 0 Å². The first kappa shape index (κ1) is 14.6. The standard InChI is InChI=1S/C18H29N/c1-15(2)14-18(17-10-4-3-5-11-17)19-13-12-16-8-6-7-9-16/h3-5,10-11,15-16,18-19H,6-9,12-14H2,1-2H3. The van der Waals surface area contributed by atoms with Gasteiger partial charge in [-0.2, -0.15) is 0 Å². The largest absolute Gasteiger partial charge is 0.310 e. The van der Waals surface area contributed by atoms with Crippen molar-refractivity contribution >= 4 is 0 Å². The first-order valence-electron chi connectivity index (χ1n) is 8.04. The van der Waals surface area contributed by atoms with E-state index in [0.717, 1.165) is 11.8 Å². The summed E-state index contributed by atoms with van der Waals surface area (Å²) in [6.45, 7) is 5.81. The summed E-state index contributed by atoms with van der Waals surface area (Å²) in [5.41, 5.74) is 1.45. The Balaban J connectivity index is 1.83. The lowest BCUT2D eigenvalue weighted by Crippen LogP contribution is -2.25. The zero-order valence-electron chi connectivity index (χ0n) is 12.6. The summed E-state index contributed by atoms with van der Waals surface area (Å²) in [7, 11) is 0. The Bertz CT molecular complexity index is 338. The Morgan fingerprint density at radius 1 is 1.11 bits per heavy atom. The van der Waals surface area contributed by atoms with E-state index in [-0.39, 0.29) is 0 Å². The summed E-state index contributed by atoms with van der Waals surface area (Å²) in [6.07, 6.45) is 8.43. The van der Waals surface area contributed by atoms with E-state index in [2.05, 4.69) is 49.5 Å². The lowest BCUT2D eigenvalue weighted by Gasteiger charge is -2.22. The van der Waals surface area contributed by atoms with Gasteiger partial charge in [-0.3, -0.25) is 0 Å². The fourth-order valence-corrected chi connectivity index (χ4v) is 3.25. The molecule has 0 saturated heterocycles. The summed E-state index contributed by atoms with van der Waals surface area (Å²) in [5, 5.41) is 3.79. The van der Waals surface area contributed by atoms with Crippen LogP contribution < -0.4 is 5.32 Å². The van der Waals surface area contributed by atoms with Crippen LogP contribution in [0.5, 0.6) is 0 Å². The van der Waals surface area contributed by atoms with Crippen molar-refractivity contribution in [1.29, 1.82) is 0 Å². The molecule has 0 aliphatic heterocycles. The van der Waals surface area contributed by atoms with Crippen molar-refractivity contribution in [2.24, 2.45) is 11.8 Å². The van der Waals surface area contributed by atoms with Gasteiger partial charge in [0.05, 0.1) is 0 Å². The molecular weight excluding hydrogens is 230 g/mol. The van der Waals surface area contributed by atoms with Crippen LogP contribution in [0.3, 0.4) is 0 Å². The predicted molar refractivity (Wildman–Crippen MR) is 83.2 cm³/mol. The Morgan fingerprint density at radius 3 is 2.42 bits per heavy atom. The van der Waals surface area contributed by atoms with Gasteiger partial charge in [0.1, 0.15) is 0 Å². The number of benzene rings is 1. The van der Waals surface area contributed by atoms with Crippen LogP contribution in [-0.2, 0) is 0 Å². The molecule has 106 valence electrons. The second kappa shape index (κ2) is 7.69. The normalized spacial score (nSPS) is 18.1. The monoisotopic (exact) mass is 259 g/mol. The van der Waals surface area contributed by atoms with Crippen molar-refractivity contribution in [3.63, 3.8) is 0 Å². The summed E-state index contributed by atoms with van der Waals surface area (Å²) in [5.74, 6) is 1.73. The maximum atomic E-state index is 3.79. The average Bonchev–Trinajstić information content (AvgIpc) is 2.91. The van der Waals surface area contributed by atoms with Gasteiger partial charge in [-0.25, -0.2) is 0 Å². The summed E-state index contributed by atoms with van der Waals surface area (Å²) in [6, 6.07) is 11.5. The molecule has 1 saturated carbocycles. The molecule has 19 heavy (non-hydrogen) atoms. The molecule has 2 rings (SSSR count). The van der Waals surface area contributed by atoms with E-state index in [1.807, 2.05) is 0 Å². The minimum absolute atomic E-state index is 0.530. The van der Waals surface area contributed by atoms with Gasteiger partial charge < -0.3 is 5.32 Å². The van der Waals surface area contributed by atoms with Crippen LogP contribution in [0.1, 0.15) is 64.0 Å². The average molecular weight is 259 g/mol. The van der Waals surface area contributed by atoms with Crippen molar-refractivity contribution in [3.05, 3.63) is 35.9 Å². The molecule has 0 aromatic heterocycles. The van der Waals surface area contributed by atoms with Crippen molar-refractivity contribution < 1.29 is 0 Å². The van der Waals surface area contributed by atoms with Crippen LogP contribution in [0.2, 0.25) is 0 Å². The highest BCUT2D eigenvalue weighted by Crippen LogP contribution is 2.27. The molecule has 1 fully saturated rings. The van der Waals surface area contributed by atoms with Crippen molar-refractivity contribution in [3.8, 4) is 0 Å². The topological polar surface area (TPSA) is 12.0 Å². The van der Waals surface area contributed by atoms with E-state index >= 15 is 0 Å². The summed E-state index contributed by atoms with van der Waals surface area (Å²) >= 11 is 0. The van der Waals surface area contributed by atoms with Gasteiger partial charge >= 0.3 is 0 Å². The van der Waals surface area contributed by atoms with Crippen LogP contribution in [0.4, 0.5) is 0 Å². The molecule has 0 amide bonds. The molecule has 0 heterocycles. The fourth-order valence-electron chi connectivity index (χ4n) is 3.25. The minimum atomic E-state index is 0.530. The summed E-state index contributed by atoms with van der Waals surface area (Å²) < 4.78 is 0. The van der Waals surface area contributed by atoms with Crippen molar-refractivity contribution in [1.82, 2.24) is 5.32 Å². The number of hydrogen-bond acceptors (Lipinski definition) is 1. The Kier molecular flexibility index (Phi) is 5.91. The lowest BCUT2D eigenvalue weighted by molar-refractivity contribution is 0.399. The molecule has 1 nitrogen and oxygen atoms in total. The van der Waals surface area contributed by atoms with Gasteiger partial charge in [-0.05, 0) is 36.8 Å². The highest BCUT2D eigenvalue weighted by Gasteiger charge is 2.16. The van der Waals surface area contributed by atoms with Crippen molar-refractivity contribution in [2.45, 2.75) is 58.4 Å². The maximum absolute atomic E-state index is 3.79. The van der Waals surface area contributed by atoms with Gasteiger partial charge in [0.2, 0.25) is 0 Å². The number of rotatable bonds is 7. The summed E-state index contributed by atoms with van der Waals surface area (Å²) in [4.78, 5) is 0. The molecule has 0 radical (unpaired) electrons. The van der Waals surface area contributed by atoms with Crippen LogP contribution >= 0.6 is 0 Å². The molecule has 1 aromatic rings. The van der Waals surface area contributed by atoms with Gasteiger partial charge in [-0.15, -0.1) is 0 Å². The molecule has 0 spiro atoms. The SMILES string of the molecule is CC(C)CC(NCCC1CCCC1)c1ccccc1. The third-order valence-corrected chi connectivity index (χ3v) is 4.33. The van der Waals surface area contributed by atoms with Gasteiger partial charge in [0.25, 0.3) is 0 Å². The molecule has 1 aliphatic rings. The van der Waals surface area contributed by atoms with E-state index in [9.17, 15) is 0 Å². The minimum Gasteiger partial charge on any atom is -0.310 e. The van der Waals surface area contributed by atoms with E-state index in [0.29, 0.717) is 6.04 Å². The third-order valence-electron chi connectivity index (χ3n) is 4.33. The molecule has 1 N–H and O–H groups in total. The van der Waals surface area contributed by atoms with Crippen LogP contribution in [0, 0.1) is 11.8 Å². The van der Waals surface area contributed by atoms with E-state index in [1.165, 1.54) is 50.6 Å². The highest BCUT2D eigenvalue weighted by atomic mass is 14.9. The fraction of sp³-hybridized carbons (Fsp3) is 0.667. The van der Waals surface area contributed by atoms with Crippen LogP contribution in [0.15, 0.2) is 30.3 Å². The second-order valence-electron chi connectivity index (χ2n) is 6.49. The lowest BCUT2D eigenvalue weighted by atomic mass is 9.96. The Morgan fingerprint density at radius 2 is 1.79 bits per heavy atom. The molecular formula is C18H29N. The van der Waals surface area contributed by atoms with Gasteiger partial charge in [0.15, 0.2) is 0 Å². The molecule has 0 bridgehead atoms. The highest BCUT2D eigenvalue weighted by molar-refractivity contribution is 5.18. The number of hydrogen-bond donors (Lipinski definition) is 1. The quantitative estimate of drug-likeness (QED) is 0.731. The van der Waals surface area contributed by atoms with Crippen LogP contribution in [0.25, 0.3) is 0 Å². The van der Waals surface area contributed by atoms with E-state index < -0.39 is 0 Å². The first-order chi connectivity index (χ1) is 9.25. The molecule has 1 unspecified atom stereocenters. The third kappa shape index (κ3) is 4.99. The number of nitrogens with one attached hydrogen (secondary N) is 1. The predicted octanol–water partition coefficient (Wildman–Crippen LogP) is 4.94. The molecule has 1 aromatic carbocycles. The van der Waals surface area contributed by atoms with Crippen LogP contribution in [-0.4, -0.2) is 6.54 Å². The van der Waals surface area contributed by atoms with Gasteiger partial charge in [-0.1, -0.05) is 69.9 Å². The smallest absolute Gasteiger partial charge is 0.0322 e. The first-order valence-corrected chi connectivity index (χ1v) is 8.04. The molecule has 1 aliphatic carbocycles. The van der Waals surface area contributed by atoms with E-state index in [1.54, 1.807) is 0 Å². The Labute approximate surface area is 118 Å². The maximum Gasteiger partial charge on any atom is 0.0322 e. The van der Waals surface area contributed by atoms with Gasteiger partial charge in [0, 0.05) is 6.04 Å². The molecule has 1 atom stereocenters.